The van der Waals surface area contributed by atoms with Gasteiger partial charge in [-0.2, -0.15) is 0 Å². The van der Waals surface area contributed by atoms with Crippen LogP contribution >= 0.6 is 0 Å². The van der Waals surface area contributed by atoms with Crippen molar-refractivity contribution in [3.05, 3.63) is 335 Å². The van der Waals surface area contributed by atoms with Gasteiger partial charge < -0.3 is 9.80 Å². The highest BCUT2D eigenvalue weighted by Gasteiger charge is 2.43. The fourth-order valence-electron chi connectivity index (χ4n) is 16.8. The minimum Gasteiger partial charge on any atom is -0.310 e. The summed E-state index contributed by atoms with van der Waals surface area (Å²) >= 11 is 0. The van der Waals surface area contributed by atoms with E-state index in [1.54, 1.807) is 0 Å². The van der Waals surface area contributed by atoms with Crippen molar-refractivity contribution in [1.29, 1.82) is 0 Å². The van der Waals surface area contributed by atoms with Crippen molar-refractivity contribution in [1.82, 2.24) is 0 Å². The molecule has 0 radical (unpaired) electrons. The molecule has 0 fully saturated rings. The van der Waals surface area contributed by atoms with Gasteiger partial charge in [-0.05, 0) is 247 Å². The molecule has 0 spiro atoms. The van der Waals surface area contributed by atoms with E-state index >= 15 is 0 Å². The first kappa shape index (κ1) is 57.4. The Kier molecular flexibility index (Phi) is 12.8. The van der Waals surface area contributed by atoms with E-state index in [9.17, 15) is 0 Å². The lowest BCUT2D eigenvalue weighted by Gasteiger charge is -2.29. The lowest BCUT2D eigenvalue weighted by molar-refractivity contribution is 0.562. The molecular weight excluding hydrogens is 1130 g/mol. The Morgan fingerprint density at radius 3 is 1.17 bits per heavy atom. The molecule has 4 aliphatic carbocycles. The first-order valence-corrected chi connectivity index (χ1v) is 33.5. The minimum absolute atomic E-state index is 0.0491. The summed E-state index contributed by atoms with van der Waals surface area (Å²) in [5.74, 6) is 0. The Bertz CT molecular complexity index is 5360. The summed E-state index contributed by atoms with van der Waals surface area (Å²) < 4.78 is 0. The average Bonchev–Trinajstić information content (AvgIpc) is 1.56. The fraction of sp³-hybridized carbons (Fsp3) is 0.152. The summed E-state index contributed by atoms with van der Waals surface area (Å²) in [6.45, 7) is 26.1. The van der Waals surface area contributed by atoms with Crippen molar-refractivity contribution < 1.29 is 0 Å². The molecule has 0 saturated carbocycles. The van der Waals surface area contributed by atoms with Crippen molar-refractivity contribution in [2.45, 2.75) is 90.4 Å². The van der Waals surface area contributed by atoms with Crippen LogP contribution in [0.3, 0.4) is 0 Å². The van der Waals surface area contributed by atoms with Crippen LogP contribution in [0.4, 0.5) is 34.1 Å². The number of nitrogens with zero attached hydrogens (tertiary/aromatic N) is 2. The van der Waals surface area contributed by atoms with Crippen molar-refractivity contribution in [3.8, 4) is 22.3 Å². The molecule has 0 atom stereocenters. The Morgan fingerprint density at radius 2 is 0.713 bits per heavy atom. The molecule has 17 rings (SSSR count). The molecule has 13 aromatic rings. The van der Waals surface area contributed by atoms with E-state index in [2.05, 4.69) is 352 Å². The molecule has 454 valence electrons. The van der Waals surface area contributed by atoms with Crippen LogP contribution in [-0.2, 0) is 21.7 Å². The van der Waals surface area contributed by atoms with Gasteiger partial charge in [-0.15, -0.1) is 0 Å². The Balaban J connectivity index is 0.664. The molecule has 2 nitrogen and oxygen atoms in total. The van der Waals surface area contributed by atoms with Gasteiger partial charge in [0, 0.05) is 50.4 Å². The number of anilines is 6. The van der Waals surface area contributed by atoms with Crippen LogP contribution in [-0.4, -0.2) is 0 Å². The third kappa shape index (κ3) is 8.97. The van der Waals surface area contributed by atoms with E-state index in [-0.39, 0.29) is 21.7 Å². The normalized spacial score (nSPS) is 16.3. The van der Waals surface area contributed by atoms with E-state index in [1.807, 2.05) is 0 Å². The number of hydrogen-bond donors (Lipinski definition) is 0. The van der Waals surface area contributed by atoms with E-state index in [4.69, 9.17) is 0 Å². The molecule has 0 heterocycles. The molecule has 0 amide bonds. The second-order valence-corrected chi connectivity index (χ2v) is 29.2. The van der Waals surface area contributed by atoms with Crippen LogP contribution in [0.1, 0.15) is 124 Å². The summed E-state index contributed by atoms with van der Waals surface area (Å²) in [5.41, 5.74) is 30.1. The van der Waals surface area contributed by atoms with Crippen molar-refractivity contribution in [2.24, 2.45) is 0 Å². The summed E-state index contributed by atoms with van der Waals surface area (Å²) in [5, 5.41) is 9.85. The smallest absolute Gasteiger partial charge is 0.0468 e. The highest BCUT2D eigenvalue weighted by Crippen LogP contribution is 2.58. The lowest BCUT2D eigenvalue weighted by atomic mass is 9.79. The predicted octanol–water partition coefficient (Wildman–Crippen LogP) is 25.4. The minimum atomic E-state index is -0.284. The zero-order chi connectivity index (χ0) is 64.2. The summed E-state index contributed by atoms with van der Waals surface area (Å²) in [7, 11) is 0. The number of rotatable bonds is 10. The molecule has 0 bridgehead atoms. The van der Waals surface area contributed by atoms with E-state index in [0.717, 1.165) is 40.5 Å². The molecule has 0 aliphatic heterocycles. The Hall–Kier alpha value is -10.5. The molecule has 94 heavy (non-hydrogen) atoms. The van der Waals surface area contributed by atoms with Gasteiger partial charge in [-0.1, -0.05) is 250 Å². The predicted molar refractivity (Wildman–Crippen MR) is 403 cm³/mol. The highest BCUT2D eigenvalue weighted by molar-refractivity contribution is 5.99. The Morgan fingerprint density at radius 1 is 0.340 bits per heavy atom. The van der Waals surface area contributed by atoms with E-state index in [1.165, 1.54) is 143 Å². The standard InChI is InChI=1S/C92H76N2/c1-11-75-77-42-38-73(93(69-34-29-59-20-12-16-24-64(59)46-69)70-35-30-60-21-13-17-25-65(60)47-70)52-85(77)91(7,8)84(75)51-68-56-89(3,4)82-50-63(33-41-76(68)82)57(2)44-58-28-40-78-80-54-88-81(55-87(80)90(5,6)83(78)45-58)79-43-39-74(53-86(79)92(88,9)10)94(71-36-31-61-22-14-18-26-66(61)48-71)72-37-32-62-23-15-19-27-67(62)49-72/h11-55H,1,56H2,2-10H3/b57-44+,68-51+. The van der Waals surface area contributed by atoms with Crippen molar-refractivity contribution >= 4 is 100 Å². The van der Waals surface area contributed by atoms with Crippen LogP contribution in [0.2, 0.25) is 0 Å². The molecule has 0 saturated heterocycles. The van der Waals surface area contributed by atoms with Crippen LogP contribution in [0.25, 0.3) is 88.1 Å². The third-order valence-electron chi connectivity index (χ3n) is 22.0. The quantitative estimate of drug-likeness (QED) is 0.126. The number of allylic oxidation sites excluding steroid dienone is 6. The molecule has 0 N–H and O–H groups in total. The zero-order valence-electron chi connectivity index (χ0n) is 55.3. The van der Waals surface area contributed by atoms with Gasteiger partial charge in [0.1, 0.15) is 0 Å². The van der Waals surface area contributed by atoms with Crippen molar-refractivity contribution in [2.75, 3.05) is 9.80 Å². The van der Waals surface area contributed by atoms with Gasteiger partial charge in [0.15, 0.2) is 0 Å². The van der Waals surface area contributed by atoms with Gasteiger partial charge >= 0.3 is 0 Å². The molecule has 13 aromatic carbocycles. The van der Waals surface area contributed by atoms with Crippen LogP contribution in [0.5, 0.6) is 0 Å². The van der Waals surface area contributed by atoms with Crippen LogP contribution in [0, 0.1) is 0 Å². The lowest BCUT2D eigenvalue weighted by Crippen LogP contribution is -2.18. The van der Waals surface area contributed by atoms with Gasteiger partial charge in [0.2, 0.25) is 0 Å². The summed E-state index contributed by atoms with van der Waals surface area (Å²) in [6.07, 6.45) is 7.99. The zero-order valence-corrected chi connectivity index (χ0v) is 55.3. The fourth-order valence-corrected chi connectivity index (χ4v) is 16.8. The maximum Gasteiger partial charge on any atom is 0.0468 e. The molecule has 0 aromatic heterocycles. The second kappa shape index (κ2) is 21.0. The number of fused-ring (bicyclic) bond motifs is 12. The van der Waals surface area contributed by atoms with E-state index < -0.39 is 0 Å². The van der Waals surface area contributed by atoms with Gasteiger partial charge in [-0.25, -0.2) is 0 Å². The highest BCUT2D eigenvalue weighted by atomic mass is 15.1. The molecule has 4 aliphatic rings. The van der Waals surface area contributed by atoms with Gasteiger partial charge in [0.25, 0.3) is 0 Å². The maximum absolute atomic E-state index is 4.47. The largest absolute Gasteiger partial charge is 0.310 e. The second-order valence-electron chi connectivity index (χ2n) is 29.2. The van der Waals surface area contributed by atoms with Crippen LogP contribution in [0.15, 0.2) is 279 Å². The van der Waals surface area contributed by atoms with Crippen LogP contribution < -0.4 is 9.80 Å². The molecule has 2 heteroatoms. The average molecular weight is 1210 g/mol. The maximum atomic E-state index is 4.47. The number of hydrogen-bond acceptors (Lipinski definition) is 2. The molecule has 0 unspecified atom stereocenters. The first-order valence-electron chi connectivity index (χ1n) is 33.5. The van der Waals surface area contributed by atoms with Gasteiger partial charge in [0.05, 0.1) is 0 Å². The summed E-state index contributed by atoms with van der Waals surface area (Å²) in [6, 6.07) is 95.9. The SMILES string of the molecule is C=CC1=C(/C=C2\CC(C)(C)c3cc(/C(C)=C/c4ccc5c(c4)C(C)(C)c4cc6c(cc4-5)C(C)(C)c4cc(N(c5ccc7ccccc7c5)c5ccc7ccccc7c5)ccc4-6)ccc32)C(C)(C)c2cc(N(c3ccc4ccccc4c3)c3ccc4ccccc4c3)ccc21. The van der Waals surface area contributed by atoms with E-state index in [0.29, 0.717) is 0 Å². The summed E-state index contributed by atoms with van der Waals surface area (Å²) in [4.78, 5) is 4.88. The first-order chi connectivity index (χ1) is 45.4. The van der Waals surface area contributed by atoms with Gasteiger partial charge in [-0.3, -0.25) is 0 Å². The Labute approximate surface area is 553 Å². The monoisotopic (exact) mass is 1210 g/mol. The molecular formula is C92H76N2. The number of benzene rings is 13. The van der Waals surface area contributed by atoms with Crippen molar-refractivity contribution in [3.63, 3.8) is 0 Å². The topological polar surface area (TPSA) is 6.48 Å². The third-order valence-corrected chi connectivity index (χ3v) is 22.0.